The van der Waals surface area contributed by atoms with Crippen LogP contribution in [0.1, 0.15) is 28.4 Å². The molecule has 0 aliphatic heterocycles. The minimum Gasteiger partial charge on any atom is -0.465 e. The number of hydrogen-bond donors (Lipinski definition) is 3. The highest BCUT2D eigenvalue weighted by Crippen LogP contribution is 2.21. The van der Waals surface area contributed by atoms with Crippen LogP contribution in [0.5, 0.6) is 0 Å². The molecule has 0 spiro atoms. The summed E-state index contributed by atoms with van der Waals surface area (Å²) in [6.45, 7) is 0. The van der Waals surface area contributed by atoms with Crippen LogP contribution in [0.15, 0.2) is 18.2 Å². The summed E-state index contributed by atoms with van der Waals surface area (Å²) in [5.74, 6) is -2.54. The summed E-state index contributed by atoms with van der Waals surface area (Å²) in [5.41, 5.74) is 4.61. The standard InChI is InChI=1S/C12H14FNO5/c1-19-12(18)7-3-2-6(4-8(7)13)11(17)9(15)5-10(14)16/h2-4,9,11,15,17H,5H2,1H3,(H2,14,16). The maximum absolute atomic E-state index is 13.6. The highest BCUT2D eigenvalue weighted by molar-refractivity contribution is 5.89. The summed E-state index contributed by atoms with van der Waals surface area (Å²) in [7, 11) is 1.11. The van der Waals surface area contributed by atoms with Crippen LogP contribution in [0.25, 0.3) is 0 Å². The van der Waals surface area contributed by atoms with Gasteiger partial charge in [-0.25, -0.2) is 9.18 Å². The van der Waals surface area contributed by atoms with Gasteiger partial charge in [0.15, 0.2) is 0 Å². The Kier molecular flexibility index (Phi) is 4.96. The first-order valence-corrected chi connectivity index (χ1v) is 5.39. The van der Waals surface area contributed by atoms with Crippen LogP contribution in [0.2, 0.25) is 0 Å². The van der Waals surface area contributed by atoms with E-state index in [-0.39, 0.29) is 11.1 Å². The molecule has 0 aliphatic carbocycles. The lowest BCUT2D eigenvalue weighted by Gasteiger charge is -2.17. The van der Waals surface area contributed by atoms with Crippen LogP contribution in [-0.4, -0.2) is 35.3 Å². The first kappa shape index (κ1) is 15.1. The molecule has 0 bridgehead atoms. The Hall–Kier alpha value is -1.99. The molecule has 0 aliphatic rings. The number of aliphatic hydroxyl groups excluding tert-OH is 2. The third kappa shape index (κ3) is 3.73. The molecule has 1 aromatic rings. The summed E-state index contributed by atoms with van der Waals surface area (Å²) in [6.07, 6.45) is -3.38. The van der Waals surface area contributed by atoms with E-state index in [1.54, 1.807) is 0 Å². The zero-order valence-electron chi connectivity index (χ0n) is 10.2. The number of hydrogen-bond acceptors (Lipinski definition) is 5. The van der Waals surface area contributed by atoms with Crippen molar-refractivity contribution in [1.82, 2.24) is 0 Å². The van der Waals surface area contributed by atoms with Crippen LogP contribution in [0, 0.1) is 5.82 Å². The molecule has 2 atom stereocenters. The van der Waals surface area contributed by atoms with Gasteiger partial charge in [0.05, 0.1) is 25.2 Å². The zero-order valence-corrected chi connectivity index (χ0v) is 10.2. The van der Waals surface area contributed by atoms with E-state index in [2.05, 4.69) is 4.74 Å². The molecule has 19 heavy (non-hydrogen) atoms. The van der Waals surface area contributed by atoms with E-state index in [1.807, 2.05) is 0 Å². The van der Waals surface area contributed by atoms with E-state index in [9.17, 15) is 24.2 Å². The van der Waals surface area contributed by atoms with Crippen LogP contribution >= 0.6 is 0 Å². The average Bonchev–Trinajstić information content (AvgIpc) is 2.36. The minimum atomic E-state index is -1.48. The molecule has 7 heteroatoms. The fourth-order valence-electron chi connectivity index (χ4n) is 1.53. The number of nitrogens with two attached hydrogens (primary N) is 1. The Morgan fingerprint density at radius 3 is 2.53 bits per heavy atom. The van der Waals surface area contributed by atoms with Crippen LogP contribution in [-0.2, 0) is 9.53 Å². The number of carbonyl (C=O) groups excluding carboxylic acids is 2. The number of rotatable bonds is 5. The maximum atomic E-state index is 13.6. The lowest BCUT2D eigenvalue weighted by atomic mass is 10.0. The summed E-state index contributed by atoms with van der Waals surface area (Å²) in [5, 5.41) is 19.2. The molecule has 104 valence electrons. The minimum absolute atomic E-state index is 0.0268. The maximum Gasteiger partial charge on any atom is 0.340 e. The molecular formula is C12H14FNO5. The summed E-state index contributed by atoms with van der Waals surface area (Å²) >= 11 is 0. The Morgan fingerprint density at radius 1 is 1.42 bits per heavy atom. The van der Waals surface area contributed by atoms with Crippen molar-refractivity contribution in [3.63, 3.8) is 0 Å². The second-order valence-corrected chi connectivity index (χ2v) is 3.91. The number of aliphatic hydroxyl groups is 2. The van der Waals surface area contributed by atoms with Crippen molar-refractivity contribution in [2.24, 2.45) is 5.73 Å². The molecule has 6 nitrogen and oxygen atoms in total. The second kappa shape index (κ2) is 6.26. The van der Waals surface area contributed by atoms with Gasteiger partial charge in [0.2, 0.25) is 5.91 Å². The highest BCUT2D eigenvalue weighted by atomic mass is 19.1. The zero-order chi connectivity index (χ0) is 14.6. The normalized spacial score (nSPS) is 13.7. The number of ether oxygens (including phenoxy) is 1. The molecule has 2 unspecified atom stereocenters. The number of esters is 1. The molecule has 0 radical (unpaired) electrons. The van der Waals surface area contributed by atoms with Gasteiger partial charge < -0.3 is 20.7 Å². The molecule has 1 rings (SSSR count). The number of primary amides is 1. The van der Waals surface area contributed by atoms with Crippen molar-refractivity contribution >= 4 is 11.9 Å². The van der Waals surface area contributed by atoms with Gasteiger partial charge in [-0.15, -0.1) is 0 Å². The van der Waals surface area contributed by atoms with Gasteiger partial charge >= 0.3 is 5.97 Å². The van der Waals surface area contributed by atoms with Crippen LogP contribution in [0.4, 0.5) is 4.39 Å². The predicted molar refractivity (Wildman–Crippen MR) is 62.5 cm³/mol. The second-order valence-electron chi connectivity index (χ2n) is 3.91. The van der Waals surface area contributed by atoms with E-state index in [4.69, 9.17) is 5.73 Å². The number of amides is 1. The van der Waals surface area contributed by atoms with E-state index in [1.165, 1.54) is 6.07 Å². The Morgan fingerprint density at radius 2 is 2.05 bits per heavy atom. The Labute approximate surface area is 108 Å². The molecule has 0 saturated heterocycles. The summed E-state index contributed by atoms with van der Waals surface area (Å²) < 4.78 is 18.0. The third-order valence-electron chi connectivity index (χ3n) is 2.51. The average molecular weight is 271 g/mol. The molecule has 4 N–H and O–H groups in total. The van der Waals surface area contributed by atoms with Crippen LogP contribution < -0.4 is 5.73 Å². The molecule has 0 heterocycles. The van der Waals surface area contributed by atoms with Crippen molar-refractivity contribution in [1.29, 1.82) is 0 Å². The lowest BCUT2D eigenvalue weighted by Crippen LogP contribution is -2.25. The van der Waals surface area contributed by atoms with Gasteiger partial charge in [-0.2, -0.15) is 0 Å². The van der Waals surface area contributed by atoms with Crippen molar-refractivity contribution in [3.8, 4) is 0 Å². The topological polar surface area (TPSA) is 110 Å². The predicted octanol–water partition coefficient (Wildman–Crippen LogP) is -0.118. The van der Waals surface area contributed by atoms with Crippen LogP contribution in [0.3, 0.4) is 0 Å². The highest BCUT2D eigenvalue weighted by Gasteiger charge is 2.22. The van der Waals surface area contributed by atoms with Gasteiger partial charge in [-0.05, 0) is 17.7 Å². The third-order valence-corrected chi connectivity index (χ3v) is 2.51. The van der Waals surface area contributed by atoms with Crippen molar-refractivity contribution < 1.29 is 28.9 Å². The molecule has 0 saturated carbocycles. The number of benzene rings is 1. The Bertz CT molecular complexity index is 491. The van der Waals surface area contributed by atoms with Crippen molar-refractivity contribution in [2.75, 3.05) is 7.11 Å². The van der Waals surface area contributed by atoms with Gasteiger partial charge in [-0.3, -0.25) is 4.79 Å². The number of methoxy groups -OCH3 is 1. The van der Waals surface area contributed by atoms with Crippen molar-refractivity contribution in [2.45, 2.75) is 18.6 Å². The molecular weight excluding hydrogens is 257 g/mol. The number of halogens is 1. The quantitative estimate of drug-likeness (QED) is 0.647. The summed E-state index contributed by atoms with van der Waals surface area (Å²) in [4.78, 5) is 21.8. The molecule has 1 aromatic carbocycles. The number of carbonyl (C=O) groups is 2. The van der Waals surface area contributed by atoms with Gasteiger partial charge in [-0.1, -0.05) is 6.07 Å². The lowest BCUT2D eigenvalue weighted by molar-refractivity contribution is -0.121. The van der Waals surface area contributed by atoms with E-state index >= 15 is 0 Å². The summed E-state index contributed by atoms with van der Waals surface area (Å²) in [6, 6.07) is 3.27. The molecule has 1 amide bonds. The van der Waals surface area contributed by atoms with E-state index < -0.39 is 36.3 Å². The SMILES string of the molecule is COC(=O)c1ccc(C(O)C(O)CC(N)=O)cc1F. The van der Waals surface area contributed by atoms with Gasteiger partial charge in [0.25, 0.3) is 0 Å². The monoisotopic (exact) mass is 271 g/mol. The largest absolute Gasteiger partial charge is 0.465 e. The van der Waals surface area contributed by atoms with Gasteiger partial charge in [0, 0.05) is 0 Å². The van der Waals surface area contributed by atoms with E-state index in [0.717, 1.165) is 19.2 Å². The first-order valence-electron chi connectivity index (χ1n) is 5.39. The fraction of sp³-hybridized carbons (Fsp3) is 0.333. The van der Waals surface area contributed by atoms with Gasteiger partial charge in [0.1, 0.15) is 11.9 Å². The molecule has 0 fully saturated rings. The van der Waals surface area contributed by atoms with E-state index in [0.29, 0.717) is 0 Å². The molecule has 0 aromatic heterocycles. The first-order chi connectivity index (χ1) is 8.86. The smallest absolute Gasteiger partial charge is 0.340 e. The van der Waals surface area contributed by atoms with Crippen molar-refractivity contribution in [3.05, 3.63) is 35.1 Å². The fourth-order valence-corrected chi connectivity index (χ4v) is 1.53. The Balaban J connectivity index is 2.94.